The first kappa shape index (κ1) is 66.9. The van der Waals surface area contributed by atoms with E-state index in [9.17, 15) is 14.4 Å². The highest BCUT2D eigenvalue weighted by molar-refractivity contribution is 5.71. The van der Waals surface area contributed by atoms with Crippen LogP contribution in [0.3, 0.4) is 0 Å². The van der Waals surface area contributed by atoms with Gasteiger partial charge in [0.05, 0.1) is 0 Å². The van der Waals surface area contributed by atoms with Crippen LogP contribution in [0.1, 0.15) is 342 Å². The van der Waals surface area contributed by atoms with E-state index in [0.717, 1.165) is 57.8 Å². The van der Waals surface area contributed by atoms with Crippen LogP contribution in [-0.2, 0) is 28.6 Å². The molecule has 0 aliphatic heterocycles. The molecule has 6 heteroatoms. The van der Waals surface area contributed by atoms with Crippen molar-refractivity contribution in [2.45, 2.75) is 348 Å². The lowest BCUT2D eigenvalue weighted by molar-refractivity contribution is -0.167. The Morgan fingerprint density at radius 1 is 0.275 bits per heavy atom. The van der Waals surface area contributed by atoms with E-state index < -0.39 is 6.10 Å². The smallest absolute Gasteiger partial charge is 0.306 e. The highest BCUT2D eigenvalue weighted by atomic mass is 16.6. The molecule has 0 aromatic heterocycles. The van der Waals surface area contributed by atoms with Crippen molar-refractivity contribution in [3.8, 4) is 0 Å². The molecule has 0 N–H and O–H groups in total. The molecule has 406 valence electrons. The highest BCUT2D eigenvalue weighted by Crippen LogP contribution is 2.17. The number of carbonyl (C=O) groups is 3. The van der Waals surface area contributed by atoms with Crippen LogP contribution in [0.15, 0.2) is 24.3 Å². The maximum absolute atomic E-state index is 12.9. The Kier molecular flexibility index (Phi) is 56.7. The molecular weight excluding hydrogens is 853 g/mol. The third-order valence-electron chi connectivity index (χ3n) is 13.9. The summed E-state index contributed by atoms with van der Waals surface area (Å²) in [6, 6.07) is 0. The number of ether oxygens (including phenoxy) is 3. The Morgan fingerprint density at radius 2 is 0.478 bits per heavy atom. The number of unbranched alkanes of at least 4 members (excludes halogenated alkanes) is 42. The van der Waals surface area contributed by atoms with Crippen molar-refractivity contribution in [1.29, 1.82) is 0 Å². The van der Waals surface area contributed by atoms with Crippen molar-refractivity contribution < 1.29 is 28.6 Å². The quantitative estimate of drug-likeness (QED) is 0.0261. The first-order valence-corrected chi connectivity index (χ1v) is 30.8. The summed E-state index contributed by atoms with van der Waals surface area (Å²) in [5.74, 6) is -0.851. The summed E-state index contributed by atoms with van der Waals surface area (Å²) in [6.45, 7) is 6.68. The number of esters is 3. The maximum atomic E-state index is 12.9. The Bertz CT molecular complexity index is 1110. The average Bonchev–Trinajstić information content (AvgIpc) is 3.35. The fraction of sp³-hybridized carbons (Fsp3) is 0.889. The third kappa shape index (κ3) is 56.7. The number of hydrogen-bond acceptors (Lipinski definition) is 6. The van der Waals surface area contributed by atoms with E-state index in [1.54, 1.807) is 0 Å². The summed E-state index contributed by atoms with van der Waals surface area (Å²) in [6.07, 6.45) is 68.9. The zero-order valence-corrected chi connectivity index (χ0v) is 46.6. The fourth-order valence-electron chi connectivity index (χ4n) is 9.26. The van der Waals surface area contributed by atoms with E-state index in [2.05, 4.69) is 45.1 Å². The van der Waals surface area contributed by atoms with Crippen LogP contribution >= 0.6 is 0 Å². The van der Waals surface area contributed by atoms with Crippen molar-refractivity contribution in [2.24, 2.45) is 0 Å². The molecule has 0 fully saturated rings. The van der Waals surface area contributed by atoms with E-state index in [1.807, 2.05) is 0 Å². The second kappa shape index (κ2) is 58.5. The van der Waals surface area contributed by atoms with Gasteiger partial charge < -0.3 is 14.2 Å². The second-order valence-electron chi connectivity index (χ2n) is 21.0. The topological polar surface area (TPSA) is 78.9 Å². The molecule has 0 aromatic rings. The molecule has 0 radical (unpaired) electrons. The Balaban J connectivity index is 4.26. The van der Waals surface area contributed by atoms with Gasteiger partial charge in [-0.1, -0.05) is 276 Å². The van der Waals surface area contributed by atoms with Crippen LogP contribution in [0.4, 0.5) is 0 Å². The molecule has 0 aliphatic carbocycles. The Hall–Kier alpha value is -2.11. The average molecular weight is 972 g/mol. The van der Waals surface area contributed by atoms with Crippen LogP contribution in [0.5, 0.6) is 0 Å². The molecule has 0 saturated carbocycles. The molecule has 0 spiro atoms. The predicted molar refractivity (Wildman–Crippen MR) is 298 cm³/mol. The normalized spacial score (nSPS) is 12.1. The van der Waals surface area contributed by atoms with Crippen molar-refractivity contribution >= 4 is 17.9 Å². The van der Waals surface area contributed by atoms with Gasteiger partial charge in [-0.05, 0) is 70.6 Å². The molecule has 0 aliphatic rings. The third-order valence-corrected chi connectivity index (χ3v) is 13.9. The van der Waals surface area contributed by atoms with Gasteiger partial charge in [0.25, 0.3) is 0 Å². The molecule has 69 heavy (non-hydrogen) atoms. The molecule has 0 rings (SSSR count). The zero-order chi connectivity index (χ0) is 50.0. The van der Waals surface area contributed by atoms with E-state index in [-0.39, 0.29) is 31.1 Å². The highest BCUT2D eigenvalue weighted by Gasteiger charge is 2.19. The molecule has 1 unspecified atom stereocenters. The zero-order valence-electron chi connectivity index (χ0n) is 46.6. The van der Waals surface area contributed by atoms with E-state index in [4.69, 9.17) is 14.2 Å². The van der Waals surface area contributed by atoms with Gasteiger partial charge in [-0.3, -0.25) is 14.4 Å². The lowest BCUT2D eigenvalue weighted by atomic mass is 10.1. The molecule has 6 nitrogen and oxygen atoms in total. The predicted octanol–water partition coefficient (Wildman–Crippen LogP) is 20.7. The first-order valence-electron chi connectivity index (χ1n) is 30.8. The van der Waals surface area contributed by atoms with Crippen LogP contribution < -0.4 is 0 Å². The van der Waals surface area contributed by atoms with Crippen molar-refractivity contribution in [1.82, 2.24) is 0 Å². The van der Waals surface area contributed by atoms with Crippen LogP contribution in [0.2, 0.25) is 0 Å². The van der Waals surface area contributed by atoms with Crippen LogP contribution in [-0.4, -0.2) is 37.2 Å². The first-order chi connectivity index (χ1) is 34.0. The number of carbonyl (C=O) groups excluding carboxylic acids is 3. The van der Waals surface area contributed by atoms with Crippen molar-refractivity contribution in [2.75, 3.05) is 13.2 Å². The standard InChI is InChI=1S/C63H118O6/c1-4-7-10-13-16-19-22-24-26-28-30-31-33-34-36-38-41-44-47-50-53-56-62(65)68-59-60(58-67-61(64)55-52-49-46-43-40-21-18-15-12-9-6-3)69-63(66)57-54-51-48-45-42-39-37-35-32-29-27-25-23-20-17-14-11-8-5-2/h25,27-28,30,60H,4-24,26,29,31-59H2,1-3H3/b27-25-,30-28-. The Labute approximate surface area is 430 Å². The van der Waals surface area contributed by atoms with Gasteiger partial charge in [-0.15, -0.1) is 0 Å². The van der Waals surface area contributed by atoms with Crippen molar-refractivity contribution in [3.63, 3.8) is 0 Å². The van der Waals surface area contributed by atoms with E-state index in [0.29, 0.717) is 19.3 Å². The van der Waals surface area contributed by atoms with Gasteiger partial charge in [0.15, 0.2) is 6.10 Å². The van der Waals surface area contributed by atoms with Gasteiger partial charge in [-0.2, -0.15) is 0 Å². The summed E-state index contributed by atoms with van der Waals surface area (Å²) < 4.78 is 16.9. The minimum absolute atomic E-state index is 0.0680. The summed E-state index contributed by atoms with van der Waals surface area (Å²) in [7, 11) is 0. The van der Waals surface area contributed by atoms with E-state index >= 15 is 0 Å². The molecule has 1 atom stereocenters. The fourth-order valence-corrected chi connectivity index (χ4v) is 9.26. The lowest BCUT2D eigenvalue weighted by Crippen LogP contribution is -2.30. The number of rotatable bonds is 57. The van der Waals surface area contributed by atoms with Gasteiger partial charge >= 0.3 is 17.9 Å². The molecular formula is C63H118O6. The van der Waals surface area contributed by atoms with Gasteiger partial charge in [0.2, 0.25) is 0 Å². The minimum atomic E-state index is -0.769. The summed E-state index contributed by atoms with van der Waals surface area (Å²) in [4.78, 5) is 38.2. The van der Waals surface area contributed by atoms with Crippen molar-refractivity contribution in [3.05, 3.63) is 24.3 Å². The van der Waals surface area contributed by atoms with Gasteiger partial charge in [0, 0.05) is 19.3 Å². The molecule has 0 amide bonds. The maximum Gasteiger partial charge on any atom is 0.306 e. The van der Waals surface area contributed by atoms with Gasteiger partial charge in [-0.25, -0.2) is 0 Å². The lowest BCUT2D eigenvalue weighted by Gasteiger charge is -2.18. The van der Waals surface area contributed by atoms with Crippen LogP contribution in [0, 0.1) is 0 Å². The van der Waals surface area contributed by atoms with E-state index in [1.165, 1.54) is 244 Å². The SMILES string of the molecule is CCCCCCCC/C=C\CCCCCCCCCCCC(=O)OC(COC(=O)CCCCCCCCCCC/C=C\CCCCCCCCCC)COC(=O)CCCCCCCCCCCCC. The molecule has 0 bridgehead atoms. The summed E-state index contributed by atoms with van der Waals surface area (Å²) in [5, 5.41) is 0. The monoisotopic (exact) mass is 971 g/mol. The molecule has 0 aromatic carbocycles. The second-order valence-corrected chi connectivity index (χ2v) is 21.0. The number of hydrogen-bond donors (Lipinski definition) is 0. The summed E-state index contributed by atoms with van der Waals surface area (Å²) >= 11 is 0. The molecule has 0 heterocycles. The van der Waals surface area contributed by atoms with Crippen LogP contribution in [0.25, 0.3) is 0 Å². The number of allylic oxidation sites excluding steroid dienone is 4. The Morgan fingerprint density at radius 3 is 0.725 bits per heavy atom. The minimum Gasteiger partial charge on any atom is -0.462 e. The summed E-state index contributed by atoms with van der Waals surface area (Å²) in [5.41, 5.74) is 0. The van der Waals surface area contributed by atoms with Gasteiger partial charge in [0.1, 0.15) is 13.2 Å². The molecule has 0 saturated heterocycles. The largest absolute Gasteiger partial charge is 0.462 e.